The minimum absolute atomic E-state index is 0.194. The monoisotopic (exact) mass is 382 g/mol. The predicted octanol–water partition coefficient (Wildman–Crippen LogP) is 4.72. The molecular formula is C22H26N2O2S. The summed E-state index contributed by atoms with van der Waals surface area (Å²) in [5.74, 6) is 0.593. The Morgan fingerprint density at radius 2 is 1.93 bits per heavy atom. The number of carbonyl (C=O) groups is 1. The van der Waals surface area contributed by atoms with Crippen LogP contribution >= 0.6 is 12.2 Å². The number of amides is 1. The van der Waals surface area contributed by atoms with Crippen molar-refractivity contribution in [3.05, 3.63) is 59.7 Å². The molecule has 0 saturated carbocycles. The maximum Gasteiger partial charge on any atom is 0.257 e. The quantitative estimate of drug-likeness (QED) is 0.580. The smallest absolute Gasteiger partial charge is 0.257 e. The van der Waals surface area contributed by atoms with Crippen LogP contribution in [0.1, 0.15) is 48.5 Å². The summed E-state index contributed by atoms with van der Waals surface area (Å²) in [4.78, 5) is 14.6. The predicted molar refractivity (Wildman–Crippen MR) is 114 cm³/mol. The first-order valence-electron chi connectivity index (χ1n) is 9.62. The maximum absolute atomic E-state index is 12.6. The van der Waals surface area contributed by atoms with Crippen molar-refractivity contribution in [1.29, 1.82) is 0 Å². The number of hydrogen-bond acceptors (Lipinski definition) is 3. The summed E-state index contributed by atoms with van der Waals surface area (Å²) in [5, 5.41) is 3.31. The molecule has 0 saturated heterocycles. The van der Waals surface area contributed by atoms with E-state index in [1.807, 2.05) is 29.2 Å². The lowest BCUT2D eigenvalue weighted by Gasteiger charge is -2.31. The molecule has 1 N–H and O–H groups in total. The van der Waals surface area contributed by atoms with Gasteiger partial charge in [0.15, 0.2) is 5.11 Å². The molecule has 1 aliphatic heterocycles. The van der Waals surface area contributed by atoms with Gasteiger partial charge in [0, 0.05) is 17.8 Å². The second-order valence-electron chi connectivity index (χ2n) is 6.72. The standard InChI is InChI=1S/C22H26N2O2S/c1-2-3-6-16-26-19-13-11-18(12-14-19)21(25)23-22(27)24-15-7-9-17-8-4-5-10-20(17)24/h4-5,8,10-14H,2-3,6-7,9,15-16H2,1H3,(H,23,25,27). The number of nitrogens with zero attached hydrogens (tertiary/aromatic N) is 1. The van der Waals surface area contributed by atoms with Gasteiger partial charge in [0.2, 0.25) is 0 Å². The third-order valence-electron chi connectivity index (χ3n) is 4.71. The van der Waals surface area contributed by atoms with Crippen LogP contribution in [0.5, 0.6) is 5.75 Å². The summed E-state index contributed by atoms with van der Waals surface area (Å²) in [6, 6.07) is 15.4. The lowest BCUT2D eigenvalue weighted by molar-refractivity contribution is 0.0977. The van der Waals surface area contributed by atoms with Gasteiger partial charge in [-0.2, -0.15) is 0 Å². The molecule has 2 aromatic rings. The number of rotatable bonds is 6. The third kappa shape index (κ3) is 5.07. The van der Waals surface area contributed by atoms with Gasteiger partial charge in [-0.15, -0.1) is 0 Å². The Balaban J connectivity index is 1.58. The number of ether oxygens (including phenoxy) is 1. The zero-order chi connectivity index (χ0) is 19.1. The first-order chi connectivity index (χ1) is 13.2. The largest absolute Gasteiger partial charge is 0.494 e. The van der Waals surface area contributed by atoms with E-state index in [0.29, 0.717) is 17.3 Å². The lowest BCUT2D eigenvalue weighted by atomic mass is 10.0. The van der Waals surface area contributed by atoms with Crippen molar-refractivity contribution in [2.24, 2.45) is 0 Å². The van der Waals surface area contributed by atoms with Gasteiger partial charge in [-0.3, -0.25) is 10.1 Å². The molecule has 1 amide bonds. The average molecular weight is 383 g/mol. The number of anilines is 1. The summed E-state index contributed by atoms with van der Waals surface area (Å²) < 4.78 is 5.69. The van der Waals surface area contributed by atoms with Crippen LogP contribution < -0.4 is 15.0 Å². The van der Waals surface area contributed by atoms with E-state index in [-0.39, 0.29) is 5.91 Å². The second-order valence-corrected chi connectivity index (χ2v) is 7.11. The molecule has 1 heterocycles. The maximum atomic E-state index is 12.6. The fourth-order valence-corrected chi connectivity index (χ4v) is 3.51. The molecule has 3 rings (SSSR count). The number of carbonyl (C=O) groups excluding carboxylic acids is 1. The molecule has 1 aliphatic rings. The number of benzene rings is 2. The third-order valence-corrected chi connectivity index (χ3v) is 5.03. The Morgan fingerprint density at radius 3 is 2.70 bits per heavy atom. The molecule has 0 fully saturated rings. The number of unbranched alkanes of at least 4 members (excludes halogenated alkanes) is 2. The highest BCUT2D eigenvalue weighted by atomic mass is 32.1. The summed E-state index contributed by atoms with van der Waals surface area (Å²) in [7, 11) is 0. The zero-order valence-electron chi connectivity index (χ0n) is 15.7. The van der Waals surface area contributed by atoms with Crippen LogP contribution in [0.25, 0.3) is 0 Å². The molecule has 0 aliphatic carbocycles. The Kier molecular flexibility index (Phi) is 6.82. The Bertz CT molecular complexity index is 789. The van der Waals surface area contributed by atoms with Gasteiger partial charge in [-0.1, -0.05) is 38.0 Å². The number of fused-ring (bicyclic) bond motifs is 1. The van der Waals surface area contributed by atoms with Crippen molar-refractivity contribution in [2.75, 3.05) is 18.1 Å². The zero-order valence-corrected chi connectivity index (χ0v) is 16.6. The van der Waals surface area contributed by atoms with E-state index in [9.17, 15) is 4.79 Å². The first-order valence-corrected chi connectivity index (χ1v) is 10.0. The van der Waals surface area contributed by atoms with Crippen molar-refractivity contribution in [2.45, 2.75) is 39.0 Å². The topological polar surface area (TPSA) is 41.6 Å². The van der Waals surface area contributed by atoms with Crippen LogP contribution in [0.2, 0.25) is 0 Å². The molecule has 4 nitrogen and oxygen atoms in total. The molecule has 0 atom stereocenters. The van der Waals surface area contributed by atoms with Crippen molar-refractivity contribution < 1.29 is 9.53 Å². The molecule has 142 valence electrons. The number of aryl methyl sites for hydroxylation is 1. The second kappa shape index (κ2) is 9.51. The average Bonchev–Trinajstić information content (AvgIpc) is 2.71. The first kappa shape index (κ1) is 19.4. The number of hydrogen-bond donors (Lipinski definition) is 1. The summed E-state index contributed by atoms with van der Waals surface area (Å²) in [6.07, 6.45) is 5.45. The molecule has 0 bridgehead atoms. The summed E-state index contributed by atoms with van der Waals surface area (Å²) in [6.45, 7) is 3.69. The van der Waals surface area contributed by atoms with Crippen LogP contribution in [-0.4, -0.2) is 24.2 Å². The summed E-state index contributed by atoms with van der Waals surface area (Å²) >= 11 is 5.50. The molecule has 27 heavy (non-hydrogen) atoms. The molecule has 0 aromatic heterocycles. The number of nitrogens with one attached hydrogen (secondary N) is 1. The Hall–Kier alpha value is -2.40. The van der Waals surface area contributed by atoms with Crippen molar-refractivity contribution in [3.8, 4) is 5.75 Å². The number of para-hydroxylation sites is 1. The molecule has 0 spiro atoms. The molecule has 5 heteroatoms. The van der Waals surface area contributed by atoms with Gasteiger partial charge in [0.25, 0.3) is 5.91 Å². The van der Waals surface area contributed by atoms with Crippen LogP contribution in [0.15, 0.2) is 48.5 Å². The SMILES string of the molecule is CCCCCOc1ccc(C(=O)NC(=S)N2CCCc3ccccc32)cc1. The van der Waals surface area contributed by atoms with Gasteiger partial charge in [-0.25, -0.2) is 0 Å². The van der Waals surface area contributed by atoms with Crippen LogP contribution in [0.4, 0.5) is 5.69 Å². The van der Waals surface area contributed by atoms with Crippen LogP contribution in [0.3, 0.4) is 0 Å². The lowest BCUT2D eigenvalue weighted by Crippen LogP contribution is -2.45. The molecular weight excluding hydrogens is 356 g/mol. The normalized spacial score (nSPS) is 13.0. The van der Waals surface area contributed by atoms with E-state index in [0.717, 1.165) is 43.7 Å². The highest BCUT2D eigenvalue weighted by molar-refractivity contribution is 7.80. The molecule has 0 unspecified atom stereocenters. The van der Waals surface area contributed by atoms with E-state index in [1.54, 1.807) is 12.1 Å². The van der Waals surface area contributed by atoms with E-state index < -0.39 is 0 Å². The van der Waals surface area contributed by atoms with E-state index in [2.05, 4.69) is 24.4 Å². The van der Waals surface area contributed by atoms with E-state index >= 15 is 0 Å². The van der Waals surface area contributed by atoms with Crippen LogP contribution in [0, 0.1) is 0 Å². The Labute approximate surface area is 166 Å². The Morgan fingerprint density at radius 1 is 1.15 bits per heavy atom. The molecule has 2 aromatic carbocycles. The fraction of sp³-hybridized carbons (Fsp3) is 0.364. The number of thiocarbonyl (C=S) groups is 1. The minimum atomic E-state index is -0.194. The van der Waals surface area contributed by atoms with Crippen molar-refractivity contribution in [1.82, 2.24) is 5.32 Å². The molecule has 0 radical (unpaired) electrons. The highest BCUT2D eigenvalue weighted by Crippen LogP contribution is 2.26. The van der Waals surface area contributed by atoms with Crippen molar-refractivity contribution >= 4 is 28.9 Å². The van der Waals surface area contributed by atoms with Gasteiger partial charge in [0.05, 0.1) is 6.61 Å². The van der Waals surface area contributed by atoms with E-state index in [1.165, 1.54) is 12.0 Å². The van der Waals surface area contributed by atoms with Gasteiger partial charge < -0.3 is 9.64 Å². The van der Waals surface area contributed by atoms with Gasteiger partial charge in [0.1, 0.15) is 5.75 Å². The van der Waals surface area contributed by atoms with E-state index in [4.69, 9.17) is 17.0 Å². The van der Waals surface area contributed by atoms with Gasteiger partial charge >= 0.3 is 0 Å². The van der Waals surface area contributed by atoms with Gasteiger partial charge in [-0.05, 0) is 67.4 Å². The van der Waals surface area contributed by atoms with Crippen molar-refractivity contribution in [3.63, 3.8) is 0 Å². The van der Waals surface area contributed by atoms with Crippen LogP contribution in [-0.2, 0) is 6.42 Å². The highest BCUT2D eigenvalue weighted by Gasteiger charge is 2.21. The fourth-order valence-electron chi connectivity index (χ4n) is 3.23. The summed E-state index contributed by atoms with van der Waals surface area (Å²) in [5.41, 5.74) is 2.93. The minimum Gasteiger partial charge on any atom is -0.494 e.